The lowest BCUT2D eigenvalue weighted by molar-refractivity contribution is -0.00470. The Hall–Kier alpha value is -2.37. The van der Waals surface area contributed by atoms with Crippen molar-refractivity contribution in [2.75, 3.05) is 38.6 Å². The molecule has 1 unspecified atom stereocenters. The normalized spacial score (nSPS) is 16.5. The minimum atomic E-state index is -0.336. The highest BCUT2D eigenvalue weighted by atomic mass is 16.5. The third-order valence-electron chi connectivity index (χ3n) is 4.09. The molecule has 0 amide bonds. The van der Waals surface area contributed by atoms with Gasteiger partial charge in [-0.3, -0.25) is 4.90 Å². The van der Waals surface area contributed by atoms with Crippen LogP contribution in [0.4, 0.5) is 5.69 Å². The lowest BCUT2D eigenvalue weighted by Crippen LogP contribution is -2.39. The van der Waals surface area contributed by atoms with E-state index in [-0.39, 0.29) is 12.1 Å². The second kappa shape index (κ2) is 7.95. The number of hydrogen-bond acceptors (Lipinski definition) is 5. The average molecular weight is 326 g/mol. The van der Waals surface area contributed by atoms with Gasteiger partial charge in [0.25, 0.3) is 0 Å². The zero-order chi connectivity index (χ0) is 16.8. The molecule has 3 rings (SSSR count). The molecular formula is C19H22N2O3. The Bertz CT molecular complexity index is 652. The van der Waals surface area contributed by atoms with Gasteiger partial charge in [-0.15, -0.1) is 0 Å². The molecule has 0 spiro atoms. The standard InChI is InChI=1S/C19H22N2O3/c20-17-8-6-16(7-9-17)19(22)24-18(15-4-2-1-3-5-15)14-21-10-12-23-13-11-21/h1-9,18H,10-14,20H2. The Balaban J connectivity index is 1.73. The van der Waals surface area contributed by atoms with E-state index < -0.39 is 0 Å². The van der Waals surface area contributed by atoms with E-state index in [2.05, 4.69) is 4.90 Å². The van der Waals surface area contributed by atoms with Crippen molar-refractivity contribution in [3.05, 3.63) is 65.7 Å². The van der Waals surface area contributed by atoms with Crippen LogP contribution in [0.1, 0.15) is 22.0 Å². The Labute approximate surface area is 142 Å². The molecule has 5 nitrogen and oxygen atoms in total. The Morgan fingerprint density at radius 2 is 1.75 bits per heavy atom. The summed E-state index contributed by atoms with van der Waals surface area (Å²) in [7, 11) is 0. The summed E-state index contributed by atoms with van der Waals surface area (Å²) in [6.45, 7) is 3.79. The van der Waals surface area contributed by atoms with E-state index >= 15 is 0 Å². The molecule has 1 atom stereocenters. The summed E-state index contributed by atoms with van der Waals surface area (Å²) in [6, 6.07) is 16.6. The number of carbonyl (C=O) groups excluding carboxylic acids is 1. The number of hydrogen-bond donors (Lipinski definition) is 1. The van der Waals surface area contributed by atoms with Crippen LogP contribution in [0, 0.1) is 0 Å². The first-order chi connectivity index (χ1) is 11.7. The Morgan fingerprint density at radius 1 is 1.08 bits per heavy atom. The van der Waals surface area contributed by atoms with Crippen LogP contribution in [-0.2, 0) is 9.47 Å². The summed E-state index contributed by atoms with van der Waals surface area (Å²) in [5.74, 6) is -0.336. The molecule has 0 saturated carbocycles. The van der Waals surface area contributed by atoms with E-state index in [4.69, 9.17) is 15.2 Å². The zero-order valence-electron chi connectivity index (χ0n) is 13.6. The number of nitrogen functional groups attached to an aromatic ring is 1. The molecule has 1 heterocycles. The molecular weight excluding hydrogens is 304 g/mol. The molecule has 2 N–H and O–H groups in total. The predicted octanol–water partition coefficient (Wildman–Crippen LogP) is 2.50. The Kier molecular flexibility index (Phi) is 5.46. The zero-order valence-corrected chi connectivity index (χ0v) is 13.6. The van der Waals surface area contributed by atoms with Crippen molar-refractivity contribution < 1.29 is 14.3 Å². The van der Waals surface area contributed by atoms with Crippen LogP contribution in [0.3, 0.4) is 0 Å². The fourth-order valence-electron chi connectivity index (χ4n) is 2.71. The van der Waals surface area contributed by atoms with Crippen LogP contribution in [0.2, 0.25) is 0 Å². The summed E-state index contributed by atoms with van der Waals surface area (Å²) < 4.78 is 11.2. The molecule has 1 saturated heterocycles. The highest BCUT2D eigenvalue weighted by Crippen LogP contribution is 2.21. The van der Waals surface area contributed by atoms with E-state index in [0.29, 0.717) is 31.0 Å². The summed E-state index contributed by atoms with van der Waals surface area (Å²) in [5, 5.41) is 0. The quantitative estimate of drug-likeness (QED) is 0.675. The Morgan fingerprint density at radius 3 is 2.42 bits per heavy atom. The number of ether oxygens (including phenoxy) is 2. The van der Waals surface area contributed by atoms with Crippen LogP contribution in [0.25, 0.3) is 0 Å². The van der Waals surface area contributed by atoms with Gasteiger partial charge in [0.15, 0.2) is 0 Å². The highest BCUT2D eigenvalue weighted by Gasteiger charge is 2.22. The SMILES string of the molecule is Nc1ccc(C(=O)OC(CN2CCOCC2)c2ccccc2)cc1. The van der Waals surface area contributed by atoms with Crippen LogP contribution in [-0.4, -0.2) is 43.7 Å². The van der Waals surface area contributed by atoms with Gasteiger partial charge in [0, 0.05) is 25.3 Å². The molecule has 1 aliphatic heterocycles. The lowest BCUT2D eigenvalue weighted by Gasteiger charge is -2.30. The molecule has 126 valence electrons. The van der Waals surface area contributed by atoms with Gasteiger partial charge in [-0.2, -0.15) is 0 Å². The van der Waals surface area contributed by atoms with Crippen molar-refractivity contribution in [2.45, 2.75) is 6.10 Å². The van der Waals surface area contributed by atoms with E-state index in [1.165, 1.54) is 0 Å². The molecule has 1 aliphatic rings. The molecule has 24 heavy (non-hydrogen) atoms. The van der Waals surface area contributed by atoms with E-state index in [1.807, 2.05) is 30.3 Å². The number of anilines is 1. The highest BCUT2D eigenvalue weighted by molar-refractivity contribution is 5.89. The smallest absolute Gasteiger partial charge is 0.338 e. The minimum Gasteiger partial charge on any atom is -0.453 e. The number of rotatable bonds is 5. The van der Waals surface area contributed by atoms with Gasteiger partial charge < -0.3 is 15.2 Å². The first kappa shape index (κ1) is 16.5. The third-order valence-corrected chi connectivity index (χ3v) is 4.09. The maximum atomic E-state index is 12.5. The fourth-order valence-corrected chi connectivity index (χ4v) is 2.71. The molecule has 0 aliphatic carbocycles. The average Bonchev–Trinajstić information content (AvgIpc) is 2.63. The van der Waals surface area contributed by atoms with Crippen molar-refractivity contribution in [3.8, 4) is 0 Å². The van der Waals surface area contributed by atoms with E-state index in [9.17, 15) is 4.79 Å². The molecule has 1 fully saturated rings. The number of nitrogens with two attached hydrogens (primary N) is 1. The third kappa shape index (κ3) is 4.34. The van der Waals surface area contributed by atoms with Crippen molar-refractivity contribution in [2.24, 2.45) is 0 Å². The summed E-state index contributed by atoms with van der Waals surface area (Å²) in [6.07, 6.45) is -0.311. The molecule has 0 radical (unpaired) electrons. The van der Waals surface area contributed by atoms with Crippen molar-refractivity contribution in [1.29, 1.82) is 0 Å². The maximum absolute atomic E-state index is 12.5. The van der Waals surface area contributed by atoms with Gasteiger partial charge >= 0.3 is 5.97 Å². The number of carbonyl (C=O) groups is 1. The topological polar surface area (TPSA) is 64.8 Å². The maximum Gasteiger partial charge on any atom is 0.338 e. The summed E-state index contributed by atoms with van der Waals surface area (Å²) >= 11 is 0. The largest absolute Gasteiger partial charge is 0.453 e. The van der Waals surface area contributed by atoms with Gasteiger partial charge in [0.2, 0.25) is 0 Å². The fraction of sp³-hybridized carbons (Fsp3) is 0.316. The summed E-state index contributed by atoms with van der Waals surface area (Å²) in [4.78, 5) is 14.7. The molecule has 0 bridgehead atoms. The van der Waals surface area contributed by atoms with E-state index in [1.54, 1.807) is 24.3 Å². The van der Waals surface area contributed by atoms with Crippen LogP contribution in [0.5, 0.6) is 0 Å². The second-order valence-corrected chi connectivity index (χ2v) is 5.84. The van der Waals surface area contributed by atoms with Gasteiger partial charge in [-0.05, 0) is 29.8 Å². The minimum absolute atomic E-state index is 0.311. The van der Waals surface area contributed by atoms with Gasteiger partial charge in [-0.1, -0.05) is 30.3 Å². The number of benzene rings is 2. The number of esters is 1. The van der Waals surface area contributed by atoms with Crippen LogP contribution >= 0.6 is 0 Å². The van der Waals surface area contributed by atoms with Crippen LogP contribution in [0.15, 0.2) is 54.6 Å². The first-order valence-electron chi connectivity index (χ1n) is 8.14. The van der Waals surface area contributed by atoms with Crippen molar-refractivity contribution >= 4 is 11.7 Å². The van der Waals surface area contributed by atoms with Crippen molar-refractivity contribution in [3.63, 3.8) is 0 Å². The monoisotopic (exact) mass is 326 g/mol. The van der Waals surface area contributed by atoms with Gasteiger partial charge in [-0.25, -0.2) is 4.79 Å². The number of morpholine rings is 1. The molecule has 5 heteroatoms. The second-order valence-electron chi connectivity index (χ2n) is 5.84. The number of nitrogens with zero attached hydrogens (tertiary/aromatic N) is 1. The lowest BCUT2D eigenvalue weighted by atomic mass is 10.1. The van der Waals surface area contributed by atoms with E-state index in [0.717, 1.165) is 18.7 Å². The van der Waals surface area contributed by atoms with Crippen molar-refractivity contribution in [1.82, 2.24) is 4.90 Å². The van der Waals surface area contributed by atoms with Crippen LogP contribution < -0.4 is 5.73 Å². The summed E-state index contributed by atoms with van der Waals surface area (Å²) in [5.41, 5.74) is 7.80. The first-order valence-corrected chi connectivity index (χ1v) is 8.14. The molecule has 0 aromatic heterocycles. The van der Waals surface area contributed by atoms with Gasteiger partial charge in [0.05, 0.1) is 18.8 Å². The van der Waals surface area contributed by atoms with Gasteiger partial charge in [0.1, 0.15) is 6.10 Å². The molecule has 2 aromatic rings. The predicted molar refractivity (Wildman–Crippen MR) is 92.7 cm³/mol. The molecule has 2 aromatic carbocycles.